The molecular formula is C20H22N2O4S. The van der Waals surface area contributed by atoms with Gasteiger partial charge in [-0.25, -0.2) is 8.42 Å². The van der Waals surface area contributed by atoms with Gasteiger partial charge in [0.05, 0.1) is 4.90 Å². The van der Waals surface area contributed by atoms with Crippen LogP contribution in [0.5, 0.6) is 0 Å². The van der Waals surface area contributed by atoms with Gasteiger partial charge in [-0.05, 0) is 63.1 Å². The van der Waals surface area contributed by atoms with Crippen LogP contribution in [0.2, 0.25) is 0 Å². The Kier molecular flexibility index (Phi) is 5.43. The molecule has 0 bridgehead atoms. The summed E-state index contributed by atoms with van der Waals surface area (Å²) >= 11 is 0. The minimum absolute atomic E-state index is 0.0564. The summed E-state index contributed by atoms with van der Waals surface area (Å²) in [6.07, 6.45) is 1.11. The van der Waals surface area contributed by atoms with Gasteiger partial charge in [-0.1, -0.05) is 17.7 Å². The Morgan fingerprint density at radius 3 is 2.26 bits per heavy atom. The molecule has 0 radical (unpaired) electrons. The van der Waals surface area contributed by atoms with Crippen LogP contribution < -0.4 is 5.32 Å². The summed E-state index contributed by atoms with van der Waals surface area (Å²) in [6, 6.07) is 12.4. The van der Waals surface area contributed by atoms with Crippen molar-refractivity contribution in [3.63, 3.8) is 0 Å². The van der Waals surface area contributed by atoms with Gasteiger partial charge in [-0.2, -0.15) is 4.31 Å². The zero-order valence-corrected chi connectivity index (χ0v) is 16.1. The van der Waals surface area contributed by atoms with Gasteiger partial charge in [0.1, 0.15) is 6.04 Å². The van der Waals surface area contributed by atoms with Gasteiger partial charge in [-0.3, -0.25) is 9.59 Å². The molecule has 1 heterocycles. The number of aryl methyl sites for hydroxylation is 1. The van der Waals surface area contributed by atoms with Crippen molar-refractivity contribution < 1.29 is 18.0 Å². The lowest BCUT2D eigenvalue weighted by atomic mass is 10.1. The Hall–Kier alpha value is -2.51. The molecule has 2 aromatic carbocycles. The van der Waals surface area contributed by atoms with Gasteiger partial charge in [0, 0.05) is 17.8 Å². The molecular weight excluding hydrogens is 364 g/mol. The van der Waals surface area contributed by atoms with E-state index in [1.54, 1.807) is 48.5 Å². The molecule has 2 aromatic rings. The second kappa shape index (κ2) is 7.62. The van der Waals surface area contributed by atoms with Crippen LogP contribution in [0.25, 0.3) is 0 Å². The number of ketones is 1. The van der Waals surface area contributed by atoms with Crippen LogP contribution in [0.1, 0.15) is 35.7 Å². The van der Waals surface area contributed by atoms with E-state index in [0.29, 0.717) is 30.6 Å². The number of amides is 1. The predicted molar refractivity (Wildman–Crippen MR) is 103 cm³/mol. The molecule has 0 spiro atoms. The number of nitrogens with zero attached hydrogens (tertiary/aromatic N) is 1. The minimum Gasteiger partial charge on any atom is -0.325 e. The van der Waals surface area contributed by atoms with Gasteiger partial charge in [0.25, 0.3) is 0 Å². The molecule has 0 aromatic heterocycles. The SMILES string of the molecule is CC(=O)c1ccc(NC(=O)[C@@H]2CCCN2S(=O)(=O)c2ccc(C)cc2)cc1. The number of sulfonamides is 1. The molecule has 1 aliphatic rings. The highest BCUT2D eigenvalue weighted by Crippen LogP contribution is 2.27. The number of carbonyl (C=O) groups excluding carboxylic acids is 2. The molecule has 1 fully saturated rings. The molecule has 3 rings (SSSR count). The van der Waals surface area contributed by atoms with E-state index >= 15 is 0 Å². The lowest BCUT2D eigenvalue weighted by molar-refractivity contribution is -0.119. The van der Waals surface area contributed by atoms with Crippen molar-refractivity contribution in [3.05, 3.63) is 59.7 Å². The predicted octanol–water partition coefficient (Wildman–Crippen LogP) is 2.99. The van der Waals surface area contributed by atoms with Crippen molar-refractivity contribution in [2.75, 3.05) is 11.9 Å². The summed E-state index contributed by atoms with van der Waals surface area (Å²) in [7, 11) is -3.73. The molecule has 0 unspecified atom stereocenters. The van der Waals surface area contributed by atoms with Gasteiger partial charge in [0.2, 0.25) is 15.9 Å². The summed E-state index contributed by atoms with van der Waals surface area (Å²) in [5, 5.41) is 2.76. The maximum Gasteiger partial charge on any atom is 0.243 e. The Labute approximate surface area is 159 Å². The van der Waals surface area contributed by atoms with Crippen molar-refractivity contribution in [2.45, 2.75) is 37.6 Å². The molecule has 1 amide bonds. The second-order valence-corrected chi connectivity index (χ2v) is 8.60. The van der Waals surface area contributed by atoms with E-state index in [-0.39, 0.29) is 16.6 Å². The Morgan fingerprint density at radius 1 is 1.04 bits per heavy atom. The maximum atomic E-state index is 12.9. The first kappa shape index (κ1) is 19.3. The molecule has 1 atom stereocenters. The molecule has 0 aliphatic carbocycles. The zero-order chi connectivity index (χ0) is 19.6. The third-order valence-electron chi connectivity index (χ3n) is 4.69. The van der Waals surface area contributed by atoms with E-state index < -0.39 is 16.1 Å². The fourth-order valence-corrected chi connectivity index (χ4v) is 4.81. The zero-order valence-electron chi connectivity index (χ0n) is 15.3. The van der Waals surface area contributed by atoms with E-state index in [0.717, 1.165) is 5.56 Å². The number of nitrogens with one attached hydrogen (secondary N) is 1. The Balaban J connectivity index is 1.78. The smallest absolute Gasteiger partial charge is 0.243 e. The highest BCUT2D eigenvalue weighted by molar-refractivity contribution is 7.89. The standard InChI is InChI=1S/C20H22N2O4S/c1-14-5-11-18(12-6-14)27(25,26)22-13-3-4-19(22)20(24)21-17-9-7-16(8-10-17)15(2)23/h5-12,19H,3-4,13H2,1-2H3,(H,21,24)/t19-/m0/s1. The monoisotopic (exact) mass is 386 g/mol. The van der Waals surface area contributed by atoms with Crippen molar-refractivity contribution in [2.24, 2.45) is 0 Å². The topological polar surface area (TPSA) is 83.6 Å². The third-order valence-corrected chi connectivity index (χ3v) is 6.62. The first-order chi connectivity index (χ1) is 12.8. The van der Waals surface area contributed by atoms with E-state index in [9.17, 15) is 18.0 Å². The van der Waals surface area contributed by atoms with Crippen LogP contribution in [0.4, 0.5) is 5.69 Å². The van der Waals surface area contributed by atoms with Crippen LogP contribution >= 0.6 is 0 Å². The molecule has 1 aliphatic heterocycles. The number of benzene rings is 2. The molecule has 0 saturated carbocycles. The van der Waals surface area contributed by atoms with E-state index in [1.165, 1.54) is 11.2 Å². The number of anilines is 1. The Bertz CT molecular complexity index is 950. The fraction of sp³-hybridized carbons (Fsp3) is 0.300. The molecule has 1 N–H and O–H groups in total. The number of carbonyl (C=O) groups is 2. The largest absolute Gasteiger partial charge is 0.325 e. The first-order valence-corrected chi connectivity index (χ1v) is 10.2. The van der Waals surface area contributed by atoms with Crippen LogP contribution in [-0.4, -0.2) is 37.0 Å². The number of hydrogen-bond donors (Lipinski definition) is 1. The Morgan fingerprint density at radius 2 is 1.67 bits per heavy atom. The van der Waals surface area contributed by atoms with Crippen molar-refractivity contribution >= 4 is 27.4 Å². The average Bonchev–Trinajstić information content (AvgIpc) is 3.13. The van der Waals surface area contributed by atoms with Crippen molar-refractivity contribution in [3.8, 4) is 0 Å². The van der Waals surface area contributed by atoms with E-state index in [1.807, 2.05) is 6.92 Å². The normalized spacial score (nSPS) is 17.6. The second-order valence-electron chi connectivity index (χ2n) is 6.71. The number of rotatable bonds is 5. The third kappa shape index (κ3) is 4.09. The number of Topliss-reactive ketones (excluding diaryl/α,β-unsaturated/α-hetero) is 1. The minimum atomic E-state index is -3.73. The van der Waals surface area contributed by atoms with Crippen molar-refractivity contribution in [1.82, 2.24) is 4.31 Å². The van der Waals surface area contributed by atoms with Gasteiger partial charge in [0.15, 0.2) is 5.78 Å². The highest BCUT2D eigenvalue weighted by atomic mass is 32.2. The lowest BCUT2D eigenvalue weighted by Crippen LogP contribution is -2.43. The van der Waals surface area contributed by atoms with Gasteiger partial charge < -0.3 is 5.32 Å². The van der Waals surface area contributed by atoms with Gasteiger partial charge in [-0.15, -0.1) is 0 Å². The average molecular weight is 386 g/mol. The summed E-state index contributed by atoms with van der Waals surface area (Å²) in [5.74, 6) is -0.419. The number of hydrogen-bond acceptors (Lipinski definition) is 4. The fourth-order valence-electron chi connectivity index (χ4n) is 3.15. The van der Waals surface area contributed by atoms with Crippen LogP contribution in [0, 0.1) is 6.92 Å². The molecule has 142 valence electrons. The van der Waals surface area contributed by atoms with Crippen LogP contribution in [-0.2, 0) is 14.8 Å². The molecule has 6 nitrogen and oxygen atoms in total. The summed E-state index contributed by atoms with van der Waals surface area (Å²) in [5.41, 5.74) is 2.06. The quantitative estimate of drug-likeness (QED) is 0.801. The van der Waals surface area contributed by atoms with Gasteiger partial charge >= 0.3 is 0 Å². The molecule has 1 saturated heterocycles. The molecule has 27 heavy (non-hydrogen) atoms. The summed E-state index contributed by atoms with van der Waals surface area (Å²) < 4.78 is 27.2. The maximum absolute atomic E-state index is 12.9. The first-order valence-electron chi connectivity index (χ1n) is 8.79. The highest BCUT2D eigenvalue weighted by Gasteiger charge is 2.39. The van der Waals surface area contributed by atoms with E-state index in [4.69, 9.17) is 0 Å². The van der Waals surface area contributed by atoms with Crippen LogP contribution in [0.3, 0.4) is 0 Å². The summed E-state index contributed by atoms with van der Waals surface area (Å²) in [4.78, 5) is 24.2. The van der Waals surface area contributed by atoms with Crippen molar-refractivity contribution in [1.29, 1.82) is 0 Å². The molecule has 7 heteroatoms. The lowest BCUT2D eigenvalue weighted by Gasteiger charge is -2.23. The van der Waals surface area contributed by atoms with E-state index in [2.05, 4.69) is 5.32 Å². The van der Waals surface area contributed by atoms with Crippen LogP contribution in [0.15, 0.2) is 53.4 Å². The summed E-state index contributed by atoms with van der Waals surface area (Å²) in [6.45, 7) is 3.68.